The first-order valence-corrected chi connectivity index (χ1v) is 4.94. The van der Waals surface area contributed by atoms with Crippen LogP contribution in [-0.2, 0) is 22.0 Å². The average Bonchev–Trinajstić information content (AvgIpc) is 2.45. The van der Waals surface area contributed by atoms with Crippen molar-refractivity contribution in [3.8, 4) is 0 Å². The first kappa shape index (κ1) is 10.7. The van der Waals surface area contributed by atoms with Crippen LogP contribution in [0.15, 0.2) is 17.3 Å². The summed E-state index contributed by atoms with van der Waals surface area (Å²) in [5.41, 5.74) is -0.00812. The van der Waals surface area contributed by atoms with Crippen LogP contribution >= 0.6 is 0 Å². The third-order valence-corrected chi connectivity index (χ3v) is 2.54. The molecule has 0 N–H and O–H groups in total. The zero-order valence-corrected chi connectivity index (χ0v) is 8.34. The van der Waals surface area contributed by atoms with Gasteiger partial charge in [-0.15, -0.1) is 0 Å². The molecule has 0 atom stereocenters. The second-order valence-electron chi connectivity index (χ2n) is 2.61. The Hall–Kier alpha value is -1.37. The van der Waals surface area contributed by atoms with Crippen LogP contribution in [-0.4, -0.2) is 26.1 Å². The summed E-state index contributed by atoms with van der Waals surface area (Å²) in [5.74, 6) is -0.713. The number of esters is 1. The molecule has 0 fully saturated rings. The van der Waals surface area contributed by atoms with Gasteiger partial charge < -0.3 is 9.30 Å². The largest absolute Gasteiger partial charge is 0.465 e. The highest BCUT2D eigenvalue weighted by atomic mass is 32.3. The van der Waals surface area contributed by atoms with Gasteiger partial charge in [0.25, 0.3) is 0 Å². The Kier molecular flexibility index (Phi) is 2.61. The smallest absolute Gasteiger partial charge is 0.347 e. The summed E-state index contributed by atoms with van der Waals surface area (Å²) in [6, 6.07) is 0.918. The maximum atomic E-state index is 12.6. The van der Waals surface area contributed by atoms with Crippen LogP contribution in [0.3, 0.4) is 0 Å². The number of hydrogen-bond acceptors (Lipinski definition) is 4. The van der Waals surface area contributed by atoms with Crippen LogP contribution in [0.5, 0.6) is 0 Å². The van der Waals surface area contributed by atoms with Crippen molar-refractivity contribution in [3.63, 3.8) is 0 Å². The number of rotatable bonds is 2. The summed E-state index contributed by atoms with van der Waals surface area (Å²) < 4.78 is 39.0. The van der Waals surface area contributed by atoms with Crippen molar-refractivity contribution in [1.82, 2.24) is 4.57 Å². The zero-order chi connectivity index (χ0) is 10.9. The molecule has 0 bridgehead atoms. The Morgan fingerprint density at radius 2 is 2.14 bits per heavy atom. The van der Waals surface area contributed by atoms with Gasteiger partial charge in [-0.1, -0.05) is 3.89 Å². The highest BCUT2D eigenvalue weighted by Crippen LogP contribution is 2.15. The molecule has 0 aliphatic rings. The summed E-state index contributed by atoms with van der Waals surface area (Å²) in [6.07, 6.45) is 1.18. The molecule has 1 heterocycles. The minimum absolute atomic E-state index is 0.00812. The zero-order valence-electron chi connectivity index (χ0n) is 7.52. The van der Waals surface area contributed by atoms with E-state index in [4.69, 9.17) is 0 Å². The van der Waals surface area contributed by atoms with Crippen LogP contribution in [0.4, 0.5) is 3.89 Å². The molecule has 1 aromatic rings. The lowest BCUT2D eigenvalue weighted by Gasteiger charge is -1.94. The lowest BCUT2D eigenvalue weighted by Crippen LogP contribution is -1.98. The minimum atomic E-state index is -4.80. The summed E-state index contributed by atoms with van der Waals surface area (Å²) >= 11 is 0. The Morgan fingerprint density at radius 3 is 2.50 bits per heavy atom. The second-order valence-corrected chi connectivity index (χ2v) is 3.90. The molecule has 7 heteroatoms. The fraction of sp³-hybridized carbons (Fsp3) is 0.286. The number of halogens is 1. The van der Waals surface area contributed by atoms with Crippen LogP contribution in [0.1, 0.15) is 10.4 Å². The van der Waals surface area contributed by atoms with Gasteiger partial charge >= 0.3 is 16.2 Å². The Bertz CT molecular complexity index is 462. The van der Waals surface area contributed by atoms with E-state index in [0.717, 1.165) is 17.7 Å². The molecule has 0 aliphatic heterocycles. The lowest BCUT2D eigenvalue weighted by atomic mass is 10.3. The molecule has 0 unspecified atom stereocenters. The molecule has 0 aliphatic carbocycles. The van der Waals surface area contributed by atoms with Gasteiger partial charge in [0, 0.05) is 13.2 Å². The standard InChI is InChI=1S/C7H8FNO4S/c1-9-4-5(7(10)13-2)3-6(9)14(8,11)12/h3-4H,1-2H3. The molecule has 0 aromatic carbocycles. The number of carbonyl (C=O) groups excluding carboxylic acids is 1. The highest BCUT2D eigenvalue weighted by molar-refractivity contribution is 7.86. The third-order valence-electron chi connectivity index (χ3n) is 1.63. The van der Waals surface area contributed by atoms with Crippen LogP contribution in [0.25, 0.3) is 0 Å². The van der Waals surface area contributed by atoms with E-state index in [1.807, 2.05) is 0 Å². The van der Waals surface area contributed by atoms with Crippen molar-refractivity contribution < 1.29 is 21.8 Å². The van der Waals surface area contributed by atoms with Gasteiger partial charge in [-0.25, -0.2) is 4.79 Å². The molecule has 14 heavy (non-hydrogen) atoms. The van der Waals surface area contributed by atoms with Crippen molar-refractivity contribution in [2.45, 2.75) is 5.03 Å². The minimum Gasteiger partial charge on any atom is -0.465 e. The number of ether oxygens (including phenoxy) is 1. The van der Waals surface area contributed by atoms with Crippen molar-refractivity contribution in [2.24, 2.45) is 7.05 Å². The number of carbonyl (C=O) groups is 1. The second kappa shape index (κ2) is 3.41. The predicted molar refractivity (Wildman–Crippen MR) is 45.0 cm³/mol. The summed E-state index contributed by atoms with van der Waals surface area (Å²) in [6.45, 7) is 0. The SMILES string of the molecule is COC(=O)c1cc(S(=O)(=O)F)n(C)c1. The Morgan fingerprint density at radius 1 is 1.57 bits per heavy atom. The number of nitrogens with zero attached hydrogens (tertiary/aromatic N) is 1. The molecule has 0 amide bonds. The fourth-order valence-electron chi connectivity index (χ4n) is 1.02. The van der Waals surface area contributed by atoms with Gasteiger partial charge in [0.15, 0.2) is 5.03 Å². The molecule has 0 radical (unpaired) electrons. The molecule has 1 rings (SSSR count). The number of aromatic nitrogens is 1. The Labute approximate surface area is 80.3 Å². The fourth-order valence-corrected chi connectivity index (χ4v) is 1.68. The average molecular weight is 221 g/mol. The first-order chi connectivity index (χ1) is 6.36. The van der Waals surface area contributed by atoms with E-state index in [9.17, 15) is 17.1 Å². The predicted octanol–water partition coefficient (Wildman–Crippen LogP) is 0.470. The van der Waals surface area contributed by atoms with E-state index in [-0.39, 0.29) is 5.56 Å². The molecule has 1 aromatic heterocycles. The topological polar surface area (TPSA) is 65.4 Å². The van der Waals surface area contributed by atoms with Crippen molar-refractivity contribution >= 4 is 16.2 Å². The van der Waals surface area contributed by atoms with Gasteiger partial charge in [-0.05, 0) is 6.07 Å². The lowest BCUT2D eigenvalue weighted by molar-refractivity contribution is 0.0600. The third kappa shape index (κ3) is 1.92. The first-order valence-electron chi connectivity index (χ1n) is 3.55. The van der Waals surface area contributed by atoms with Gasteiger partial charge in [0.1, 0.15) is 0 Å². The van der Waals surface area contributed by atoms with E-state index in [1.54, 1.807) is 0 Å². The van der Waals surface area contributed by atoms with Gasteiger partial charge in [-0.2, -0.15) is 8.42 Å². The van der Waals surface area contributed by atoms with Crippen molar-refractivity contribution in [1.29, 1.82) is 0 Å². The summed E-state index contributed by atoms with van der Waals surface area (Å²) in [5, 5.41) is -0.571. The summed E-state index contributed by atoms with van der Waals surface area (Å²) in [7, 11) is -2.33. The monoisotopic (exact) mass is 221 g/mol. The van der Waals surface area contributed by atoms with E-state index in [0.29, 0.717) is 0 Å². The van der Waals surface area contributed by atoms with E-state index < -0.39 is 21.2 Å². The van der Waals surface area contributed by atoms with E-state index >= 15 is 0 Å². The van der Waals surface area contributed by atoms with Gasteiger partial charge in [0.2, 0.25) is 0 Å². The number of methoxy groups -OCH3 is 1. The van der Waals surface area contributed by atoms with Gasteiger partial charge in [-0.3, -0.25) is 0 Å². The molecular formula is C7H8FNO4S. The van der Waals surface area contributed by atoms with Crippen LogP contribution in [0.2, 0.25) is 0 Å². The quantitative estimate of drug-likeness (QED) is 0.538. The molecule has 0 saturated carbocycles. The van der Waals surface area contributed by atoms with Crippen molar-refractivity contribution in [2.75, 3.05) is 7.11 Å². The number of aryl methyl sites for hydroxylation is 1. The molecular weight excluding hydrogens is 213 g/mol. The molecule has 78 valence electrons. The maximum absolute atomic E-state index is 12.6. The molecule has 5 nitrogen and oxygen atoms in total. The molecule has 0 saturated heterocycles. The molecule has 0 spiro atoms. The summed E-state index contributed by atoms with van der Waals surface area (Å²) in [4.78, 5) is 11.0. The van der Waals surface area contributed by atoms with Crippen LogP contribution < -0.4 is 0 Å². The normalized spacial score (nSPS) is 11.4. The van der Waals surface area contributed by atoms with E-state index in [2.05, 4.69) is 4.74 Å². The van der Waals surface area contributed by atoms with E-state index in [1.165, 1.54) is 13.2 Å². The van der Waals surface area contributed by atoms with Crippen molar-refractivity contribution in [3.05, 3.63) is 17.8 Å². The number of hydrogen-bond donors (Lipinski definition) is 0. The Balaban J connectivity index is 3.25. The van der Waals surface area contributed by atoms with Crippen LogP contribution in [0, 0.1) is 0 Å². The highest BCUT2D eigenvalue weighted by Gasteiger charge is 2.20. The maximum Gasteiger partial charge on any atom is 0.347 e. The van der Waals surface area contributed by atoms with Gasteiger partial charge in [0.05, 0.1) is 12.7 Å².